The number of allylic oxidation sites excluding steroid dienone is 3. The lowest BCUT2D eigenvalue weighted by atomic mass is 9.94. The average Bonchev–Trinajstić information content (AvgIpc) is 3.25. The molecule has 0 N–H and O–H groups in total. The average molecular weight is 367 g/mol. The molecular formula is C24H17NO3. The van der Waals surface area contributed by atoms with Crippen molar-refractivity contribution in [2.75, 3.05) is 11.5 Å². The van der Waals surface area contributed by atoms with E-state index in [1.807, 2.05) is 30.3 Å². The number of anilines is 1. The van der Waals surface area contributed by atoms with Crippen LogP contribution in [0.4, 0.5) is 5.69 Å². The van der Waals surface area contributed by atoms with Crippen molar-refractivity contribution < 1.29 is 14.3 Å². The van der Waals surface area contributed by atoms with Crippen molar-refractivity contribution in [3.05, 3.63) is 95.6 Å². The lowest BCUT2D eigenvalue weighted by molar-refractivity contribution is 0.0893. The van der Waals surface area contributed by atoms with Crippen molar-refractivity contribution in [1.82, 2.24) is 0 Å². The molecule has 0 bridgehead atoms. The van der Waals surface area contributed by atoms with E-state index >= 15 is 0 Å². The molecule has 0 unspecified atom stereocenters. The summed E-state index contributed by atoms with van der Waals surface area (Å²) < 4.78 is 5.79. The third-order valence-electron chi connectivity index (χ3n) is 5.14. The minimum Gasteiger partial charge on any atom is -0.489 e. The van der Waals surface area contributed by atoms with E-state index in [2.05, 4.69) is 12.2 Å². The summed E-state index contributed by atoms with van der Waals surface area (Å²) in [7, 11) is 0. The first-order valence-electron chi connectivity index (χ1n) is 9.20. The summed E-state index contributed by atoms with van der Waals surface area (Å²) in [4.78, 5) is 27.4. The predicted molar refractivity (Wildman–Crippen MR) is 109 cm³/mol. The Balaban J connectivity index is 1.45. The molecule has 2 amide bonds. The topological polar surface area (TPSA) is 46.6 Å². The number of imide groups is 1. The van der Waals surface area contributed by atoms with E-state index in [-0.39, 0.29) is 11.8 Å². The summed E-state index contributed by atoms with van der Waals surface area (Å²) in [6, 6.07) is 18.2. The van der Waals surface area contributed by atoms with Gasteiger partial charge in [0.25, 0.3) is 11.8 Å². The van der Waals surface area contributed by atoms with Gasteiger partial charge in [-0.2, -0.15) is 0 Å². The van der Waals surface area contributed by atoms with Gasteiger partial charge in [0, 0.05) is 16.5 Å². The molecule has 2 aliphatic rings. The molecule has 1 aliphatic heterocycles. The van der Waals surface area contributed by atoms with E-state index < -0.39 is 0 Å². The van der Waals surface area contributed by atoms with Gasteiger partial charge in [-0.05, 0) is 53.8 Å². The standard InChI is InChI=1S/C24H17NO3/c26-23-20-9-3-7-17-8-4-10-21(22(17)20)24(27)25(23)18-11-13-19(14-12-18)28-15-16-5-1-2-6-16/h1-5,7-14H,6,15H2. The lowest BCUT2D eigenvalue weighted by Crippen LogP contribution is -2.40. The molecule has 0 saturated heterocycles. The van der Waals surface area contributed by atoms with Crippen LogP contribution in [0.25, 0.3) is 10.8 Å². The maximum atomic E-state index is 13.1. The smallest absolute Gasteiger partial charge is 0.265 e. The van der Waals surface area contributed by atoms with Gasteiger partial charge in [-0.1, -0.05) is 42.5 Å². The normalized spacial score (nSPS) is 15.3. The number of carbonyl (C=O) groups excluding carboxylic acids is 2. The van der Waals surface area contributed by atoms with Crippen LogP contribution in [0.3, 0.4) is 0 Å². The molecule has 0 spiro atoms. The number of benzene rings is 3. The van der Waals surface area contributed by atoms with Gasteiger partial charge in [0.2, 0.25) is 0 Å². The molecule has 4 nitrogen and oxygen atoms in total. The van der Waals surface area contributed by atoms with E-state index in [9.17, 15) is 9.59 Å². The van der Waals surface area contributed by atoms with Gasteiger partial charge >= 0.3 is 0 Å². The molecule has 28 heavy (non-hydrogen) atoms. The van der Waals surface area contributed by atoms with Crippen molar-refractivity contribution in [3.8, 4) is 5.75 Å². The summed E-state index contributed by atoms with van der Waals surface area (Å²) >= 11 is 0. The Morgan fingerprint density at radius 3 is 2.14 bits per heavy atom. The second-order valence-corrected chi connectivity index (χ2v) is 6.89. The van der Waals surface area contributed by atoms with Gasteiger partial charge in [-0.3, -0.25) is 9.59 Å². The van der Waals surface area contributed by atoms with Crippen molar-refractivity contribution >= 4 is 28.3 Å². The SMILES string of the molecule is O=C1c2cccc3cccc(c23)C(=O)N1c1ccc(OCC2=CC=CC2)cc1. The monoisotopic (exact) mass is 367 g/mol. The number of hydrogen-bond acceptors (Lipinski definition) is 3. The summed E-state index contributed by atoms with van der Waals surface area (Å²) in [5.41, 5.74) is 2.85. The number of rotatable bonds is 4. The Kier molecular flexibility index (Phi) is 3.83. The highest BCUT2D eigenvalue weighted by molar-refractivity contribution is 6.35. The Bertz CT molecular complexity index is 1120. The molecule has 0 aromatic heterocycles. The van der Waals surface area contributed by atoms with Crippen LogP contribution in [0.5, 0.6) is 5.75 Å². The molecule has 0 fully saturated rings. The quantitative estimate of drug-likeness (QED) is 0.616. The molecule has 4 heteroatoms. The van der Waals surface area contributed by atoms with Gasteiger partial charge in [0.1, 0.15) is 12.4 Å². The van der Waals surface area contributed by atoms with Crippen LogP contribution < -0.4 is 9.64 Å². The van der Waals surface area contributed by atoms with Gasteiger partial charge in [-0.15, -0.1) is 0 Å². The summed E-state index contributed by atoms with van der Waals surface area (Å²) in [5, 5.41) is 1.63. The number of ether oxygens (including phenoxy) is 1. The van der Waals surface area contributed by atoms with Crippen molar-refractivity contribution in [2.45, 2.75) is 6.42 Å². The third-order valence-corrected chi connectivity index (χ3v) is 5.14. The number of carbonyl (C=O) groups is 2. The van der Waals surface area contributed by atoms with Crippen molar-refractivity contribution in [3.63, 3.8) is 0 Å². The fraction of sp³-hybridized carbons (Fsp3) is 0.0833. The first-order valence-corrected chi connectivity index (χ1v) is 9.20. The van der Waals surface area contributed by atoms with Crippen molar-refractivity contribution in [1.29, 1.82) is 0 Å². The summed E-state index contributed by atoms with van der Waals surface area (Å²) in [5.74, 6) is 0.103. The summed E-state index contributed by atoms with van der Waals surface area (Å²) in [6.45, 7) is 0.531. The Morgan fingerprint density at radius 2 is 1.54 bits per heavy atom. The zero-order valence-electron chi connectivity index (χ0n) is 15.1. The van der Waals surface area contributed by atoms with Crippen LogP contribution in [-0.2, 0) is 0 Å². The van der Waals surface area contributed by atoms with Gasteiger partial charge in [-0.25, -0.2) is 4.90 Å². The van der Waals surface area contributed by atoms with Crippen LogP contribution >= 0.6 is 0 Å². The number of amides is 2. The Morgan fingerprint density at radius 1 is 0.857 bits per heavy atom. The molecule has 5 rings (SSSR count). The number of nitrogens with zero attached hydrogens (tertiary/aromatic N) is 1. The first-order chi connectivity index (χ1) is 13.7. The molecule has 136 valence electrons. The molecule has 3 aromatic rings. The molecule has 0 radical (unpaired) electrons. The van der Waals surface area contributed by atoms with Crippen LogP contribution in [-0.4, -0.2) is 18.4 Å². The molecular weight excluding hydrogens is 350 g/mol. The summed E-state index contributed by atoms with van der Waals surface area (Å²) in [6.07, 6.45) is 7.08. The second kappa shape index (κ2) is 6.50. The highest BCUT2D eigenvalue weighted by Gasteiger charge is 2.33. The van der Waals surface area contributed by atoms with Gasteiger partial charge < -0.3 is 4.74 Å². The highest BCUT2D eigenvalue weighted by atomic mass is 16.5. The minimum atomic E-state index is -0.301. The molecule has 3 aromatic carbocycles. The zero-order valence-corrected chi connectivity index (χ0v) is 15.1. The fourth-order valence-electron chi connectivity index (χ4n) is 3.73. The van der Waals surface area contributed by atoms with Crippen LogP contribution in [0.1, 0.15) is 27.1 Å². The van der Waals surface area contributed by atoms with Crippen LogP contribution in [0.15, 0.2) is 84.5 Å². The minimum absolute atomic E-state index is 0.301. The van der Waals surface area contributed by atoms with E-state index in [0.717, 1.165) is 17.2 Å². The van der Waals surface area contributed by atoms with E-state index in [4.69, 9.17) is 4.74 Å². The van der Waals surface area contributed by atoms with E-state index in [0.29, 0.717) is 29.2 Å². The zero-order chi connectivity index (χ0) is 19.1. The molecule has 0 atom stereocenters. The van der Waals surface area contributed by atoms with Gasteiger partial charge in [0.15, 0.2) is 0 Å². The predicted octanol–water partition coefficient (Wildman–Crippen LogP) is 4.91. The largest absolute Gasteiger partial charge is 0.489 e. The van der Waals surface area contributed by atoms with E-state index in [1.165, 1.54) is 10.5 Å². The van der Waals surface area contributed by atoms with Crippen molar-refractivity contribution in [2.24, 2.45) is 0 Å². The maximum Gasteiger partial charge on any atom is 0.265 e. The highest BCUT2D eigenvalue weighted by Crippen LogP contribution is 2.33. The maximum absolute atomic E-state index is 13.1. The Labute approximate surface area is 162 Å². The molecule has 1 aliphatic carbocycles. The van der Waals surface area contributed by atoms with Crippen LogP contribution in [0.2, 0.25) is 0 Å². The van der Waals surface area contributed by atoms with Gasteiger partial charge in [0.05, 0.1) is 5.69 Å². The second-order valence-electron chi connectivity index (χ2n) is 6.89. The third kappa shape index (κ3) is 2.62. The van der Waals surface area contributed by atoms with E-state index in [1.54, 1.807) is 36.4 Å². The Hall–Kier alpha value is -3.66. The van der Waals surface area contributed by atoms with Crippen LogP contribution in [0, 0.1) is 0 Å². The molecule has 0 saturated carbocycles. The fourth-order valence-corrected chi connectivity index (χ4v) is 3.73. The number of hydrogen-bond donors (Lipinski definition) is 0. The molecule has 1 heterocycles. The lowest BCUT2D eigenvalue weighted by Gasteiger charge is -2.27. The first kappa shape index (κ1) is 16.5.